The Kier molecular flexibility index (Phi) is 9.13. The summed E-state index contributed by atoms with van der Waals surface area (Å²) in [7, 11) is 5.14. The molecule has 10 heteroatoms. The SMILES string of the molecule is CNC(C(=O)NC(C(=O)N(C)C/C=C(\C)C(=O)O)C(C)(C)C)C(C)(C)c1cn(C)c2cc(NF)ccc12. The zero-order chi connectivity index (χ0) is 28.3. The van der Waals surface area contributed by atoms with Gasteiger partial charge in [0.2, 0.25) is 11.8 Å². The van der Waals surface area contributed by atoms with Gasteiger partial charge in [0, 0.05) is 43.2 Å². The van der Waals surface area contributed by atoms with Crippen LogP contribution in [0.25, 0.3) is 10.9 Å². The second-order valence-electron chi connectivity index (χ2n) is 11.1. The van der Waals surface area contributed by atoms with Gasteiger partial charge in [-0.15, -0.1) is 4.48 Å². The fourth-order valence-electron chi connectivity index (χ4n) is 4.48. The molecule has 0 aliphatic carbocycles. The van der Waals surface area contributed by atoms with Crippen molar-refractivity contribution in [2.75, 3.05) is 26.2 Å². The maximum absolute atomic E-state index is 13.7. The maximum atomic E-state index is 13.7. The van der Waals surface area contributed by atoms with Crippen LogP contribution in [-0.4, -0.2) is 65.1 Å². The van der Waals surface area contributed by atoms with Crippen LogP contribution in [0.1, 0.15) is 47.1 Å². The average Bonchev–Trinajstić information content (AvgIpc) is 3.16. The fraction of sp³-hybridized carbons (Fsp3) is 0.519. The number of rotatable bonds is 10. The monoisotopic (exact) mass is 517 g/mol. The van der Waals surface area contributed by atoms with Crippen molar-refractivity contribution in [3.63, 3.8) is 0 Å². The number of aliphatic carboxylic acids is 1. The van der Waals surface area contributed by atoms with Crippen molar-refractivity contribution in [3.8, 4) is 0 Å². The first kappa shape index (κ1) is 29.8. The van der Waals surface area contributed by atoms with E-state index in [1.165, 1.54) is 17.9 Å². The Morgan fingerprint density at radius 1 is 1.16 bits per heavy atom. The smallest absolute Gasteiger partial charge is 0.331 e. The summed E-state index contributed by atoms with van der Waals surface area (Å²) < 4.78 is 14.9. The highest BCUT2D eigenvalue weighted by Gasteiger charge is 2.41. The molecule has 1 aromatic heterocycles. The molecule has 0 radical (unpaired) electrons. The number of benzene rings is 1. The molecule has 0 saturated carbocycles. The zero-order valence-electron chi connectivity index (χ0n) is 23.2. The van der Waals surface area contributed by atoms with Crippen molar-refractivity contribution >= 4 is 34.4 Å². The number of anilines is 1. The number of carbonyl (C=O) groups is 3. The number of amides is 2. The lowest BCUT2D eigenvalue weighted by Crippen LogP contribution is -2.60. The number of carboxylic acids is 1. The zero-order valence-corrected chi connectivity index (χ0v) is 23.2. The highest BCUT2D eigenvalue weighted by Crippen LogP contribution is 2.36. The molecule has 0 aliphatic heterocycles. The molecule has 2 rings (SSSR count). The first-order valence-corrected chi connectivity index (χ1v) is 12.1. The molecule has 0 aliphatic rings. The number of nitrogens with one attached hydrogen (secondary N) is 3. The third-order valence-electron chi connectivity index (χ3n) is 6.85. The molecule has 0 saturated heterocycles. The van der Waals surface area contributed by atoms with Gasteiger partial charge in [-0.05, 0) is 37.1 Å². The summed E-state index contributed by atoms with van der Waals surface area (Å²) in [5.74, 6) is -1.71. The van der Waals surface area contributed by atoms with Gasteiger partial charge in [-0.25, -0.2) is 10.3 Å². The molecule has 0 spiro atoms. The molecule has 0 fully saturated rings. The Balaban J connectivity index is 2.38. The predicted octanol–water partition coefficient (Wildman–Crippen LogP) is 3.36. The van der Waals surface area contributed by atoms with Gasteiger partial charge in [0.05, 0.1) is 17.2 Å². The van der Waals surface area contributed by atoms with Crippen molar-refractivity contribution in [3.05, 3.63) is 41.6 Å². The lowest BCUT2D eigenvalue weighted by molar-refractivity contribution is -0.139. The molecular formula is C27H40FN5O4. The van der Waals surface area contributed by atoms with E-state index >= 15 is 0 Å². The van der Waals surface area contributed by atoms with Gasteiger partial charge in [0.25, 0.3) is 0 Å². The first-order chi connectivity index (χ1) is 17.1. The van der Waals surface area contributed by atoms with Crippen LogP contribution >= 0.6 is 0 Å². The van der Waals surface area contributed by atoms with E-state index in [9.17, 15) is 18.9 Å². The van der Waals surface area contributed by atoms with Gasteiger partial charge in [-0.1, -0.05) is 46.8 Å². The molecule has 9 nitrogen and oxygen atoms in total. The second kappa shape index (κ2) is 11.3. The molecule has 1 aromatic carbocycles. The quantitative estimate of drug-likeness (QED) is 0.284. The lowest BCUT2D eigenvalue weighted by Gasteiger charge is -2.38. The minimum absolute atomic E-state index is 0.103. The Bertz CT molecular complexity index is 1200. The largest absolute Gasteiger partial charge is 0.478 e. The Labute approximate surface area is 218 Å². The molecule has 1 heterocycles. The lowest BCUT2D eigenvalue weighted by atomic mass is 9.76. The topological polar surface area (TPSA) is 116 Å². The van der Waals surface area contributed by atoms with Gasteiger partial charge >= 0.3 is 5.97 Å². The van der Waals surface area contributed by atoms with E-state index in [1.807, 2.05) is 58.5 Å². The predicted molar refractivity (Wildman–Crippen MR) is 144 cm³/mol. The number of carbonyl (C=O) groups excluding carboxylic acids is 2. The summed E-state index contributed by atoms with van der Waals surface area (Å²) >= 11 is 0. The second-order valence-corrected chi connectivity index (χ2v) is 11.1. The van der Waals surface area contributed by atoms with Crippen molar-refractivity contribution < 1.29 is 24.0 Å². The van der Waals surface area contributed by atoms with Crippen LogP contribution in [0, 0.1) is 5.41 Å². The van der Waals surface area contributed by atoms with Crippen LogP contribution in [0.2, 0.25) is 0 Å². The van der Waals surface area contributed by atoms with E-state index in [0.29, 0.717) is 5.69 Å². The molecule has 2 unspecified atom stereocenters. The number of likely N-dealkylation sites (N-methyl/N-ethyl adjacent to an activating group) is 2. The van der Waals surface area contributed by atoms with E-state index in [2.05, 4.69) is 10.6 Å². The van der Waals surface area contributed by atoms with Crippen LogP contribution < -0.4 is 16.2 Å². The third kappa shape index (κ3) is 6.49. The van der Waals surface area contributed by atoms with Crippen LogP contribution in [0.15, 0.2) is 36.0 Å². The van der Waals surface area contributed by atoms with Gasteiger partial charge in [0.15, 0.2) is 0 Å². The summed E-state index contributed by atoms with van der Waals surface area (Å²) in [6.45, 7) is 11.1. The number of fused-ring (bicyclic) bond motifs is 1. The van der Waals surface area contributed by atoms with E-state index in [-0.39, 0.29) is 23.9 Å². The average molecular weight is 518 g/mol. The van der Waals surface area contributed by atoms with Gasteiger partial charge in [-0.2, -0.15) is 0 Å². The third-order valence-corrected chi connectivity index (χ3v) is 6.85. The van der Waals surface area contributed by atoms with Gasteiger partial charge < -0.3 is 25.2 Å². The summed E-state index contributed by atoms with van der Waals surface area (Å²) in [6.07, 6.45) is 3.40. The van der Waals surface area contributed by atoms with E-state index in [1.54, 1.807) is 31.8 Å². The van der Waals surface area contributed by atoms with Crippen LogP contribution in [-0.2, 0) is 26.8 Å². The standard InChI is InChI=1S/C27H40FN5O4/c1-16(25(36)37)12-13-32(8)24(35)22(26(2,3)4)30-23(34)21(29-7)27(5,6)19-15-33(9)20-14-17(31-28)10-11-18(19)20/h10-12,14-15,21-22,29,31H,13H2,1-9H3,(H,30,34)(H,36,37)/b16-12+. The van der Waals surface area contributed by atoms with Crippen molar-refractivity contribution in [2.45, 2.75) is 59.0 Å². The molecule has 2 aromatic rings. The molecular weight excluding hydrogens is 477 g/mol. The van der Waals surface area contributed by atoms with Crippen LogP contribution in [0.5, 0.6) is 0 Å². The number of halogens is 1. The summed E-state index contributed by atoms with van der Waals surface area (Å²) in [4.78, 5) is 39.5. The highest BCUT2D eigenvalue weighted by molar-refractivity contribution is 5.93. The molecule has 4 N–H and O–H groups in total. The number of hydrogen-bond donors (Lipinski definition) is 4. The molecule has 0 bridgehead atoms. The summed E-state index contributed by atoms with van der Waals surface area (Å²) in [6, 6.07) is 3.62. The van der Waals surface area contributed by atoms with Crippen LogP contribution in [0.4, 0.5) is 10.2 Å². The number of carboxylic acid groups (broad SMARTS) is 1. The number of hydrogen-bond acceptors (Lipinski definition) is 5. The Morgan fingerprint density at radius 3 is 2.30 bits per heavy atom. The van der Waals surface area contributed by atoms with Crippen LogP contribution in [0.3, 0.4) is 0 Å². The Hall–Kier alpha value is -3.40. The van der Waals surface area contributed by atoms with Gasteiger partial charge in [0.1, 0.15) is 6.04 Å². The maximum Gasteiger partial charge on any atom is 0.331 e. The van der Waals surface area contributed by atoms with Gasteiger partial charge in [-0.3, -0.25) is 9.59 Å². The number of aryl methyl sites for hydroxylation is 1. The minimum Gasteiger partial charge on any atom is -0.478 e. The number of aromatic nitrogens is 1. The van der Waals surface area contributed by atoms with E-state index < -0.39 is 28.9 Å². The molecule has 37 heavy (non-hydrogen) atoms. The highest BCUT2D eigenvalue weighted by atomic mass is 19.2. The van der Waals surface area contributed by atoms with Crippen molar-refractivity contribution in [1.29, 1.82) is 0 Å². The first-order valence-electron chi connectivity index (χ1n) is 12.1. The fourth-order valence-corrected chi connectivity index (χ4v) is 4.48. The van der Waals surface area contributed by atoms with Crippen molar-refractivity contribution in [1.82, 2.24) is 20.1 Å². The summed E-state index contributed by atoms with van der Waals surface area (Å²) in [5.41, 5.74) is 2.54. The van der Waals surface area contributed by atoms with E-state index in [4.69, 9.17) is 5.11 Å². The van der Waals surface area contributed by atoms with E-state index in [0.717, 1.165) is 16.5 Å². The molecule has 2 amide bonds. The normalized spacial score (nSPS) is 14.3. The summed E-state index contributed by atoms with van der Waals surface area (Å²) in [5, 5.41) is 16.1. The number of nitrogens with zero attached hydrogens (tertiary/aromatic N) is 2. The molecule has 204 valence electrons. The minimum atomic E-state index is -1.05. The van der Waals surface area contributed by atoms with Crippen molar-refractivity contribution in [2.24, 2.45) is 12.5 Å². The molecule has 2 atom stereocenters. The Morgan fingerprint density at radius 2 is 1.78 bits per heavy atom.